The number of hydrogen-bond donors (Lipinski definition) is 1. The molecule has 0 amide bonds. The van der Waals surface area contributed by atoms with Crippen LogP contribution in [0.5, 0.6) is 0 Å². The number of nitro groups is 2. The van der Waals surface area contributed by atoms with Crippen molar-refractivity contribution >= 4 is 22.7 Å². The van der Waals surface area contributed by atoms with Gasteiger partial charge in [0, 0.05) is 61.1 Å². The number of hydrogen-bond acceptors (Lipinski definition) is 5. The van der Waals surface area contributed by atoms with E-state index in [1.807, 2.05) is 12.1 Å². The highest BCUT2D eigenvalue weighted by Gasteiger charge is 2.21. The SMILES string of the molecule is O=[N+]([O-])c1ccc([NH2+]CC2CCN(c3ccc([N+](=O)[O-])cc3)CC2)cc1. The first-order chi connectivity index (χ1) is 12.5. The fourth-order valence-electron chi connectivity index (χ4n) is 3.25. The van der Waals surface area contributed by atoms with Crippen LogP contribution in [0.2, 0.25) is 0 Å². The lowest BCUT2D eigenvalue weighted by Gasteiger charge is -2.32. The molecule has 8 heteroatoms. The van der Waals surface area contributed by atoms with E-state index in [2.05, 4.69) is 10.2 Å². The maximum Gasteiger partial charge on any atom is 0.269 e. The Morgan fingerprint density at radius 1 is 0.885 bits per heavy atom. The normalized spacial score (nSPS) is 15.0. The Balaban J connectivity index is 1.47. The predicted molar refractivity (Wildman–Crippen MR) is 97.6 cm³/mol. The van der Waals surface area contributed by atoms with E-state index >= 15 is 0 Å². The van der Waals surface area contributed by atoms with Gasteiger partial charge in [0.25, 0.3) is 11.4 Å². The van der Waals surface area contributed by atoms with Crippen LogP contribution in [-0.2, 0) is 0 Å². The molecule has 0 aromatic heterocycles. The Bertz CT molecular complexity index is 769. The molecule has 8 nitrogen and oxygen atoms in total. The molecule has 2 aromatic rings. The molecule has 0 spiro atoms. The Hall–Kier alpha value is -3.00. The standard InChI is InChI=1S/C18H20N4O4/c23-21(24)17-3-1-15(2-4-17)19-13-14-9-11-20(12-10-14)16-5-7-18(8-6-16)22(25)26/h1-8,14,19H,9-13H2/p+1. The molecule has 1 fully saturated rings. The molecule has 2 aromatic carbocycles. The van der Waals surface area contributed by atoms with Gasteiger partial charge >= 0.3 is 0 Å². The van der Waals surface area contributed by atoms with Gasteiger partial charge in [0.15, 0.2) is 0 Å². The topological polar surface area (TPSA) is 106 Å². The second-order valence-electron chi connectivity index (χ2n) is 6.49. The molecule has 1 aliphatic heterocycles. The lowest BCUT2D eigenvalue weighted by Crippen LogP contribution is -2.79. The van der Waals surface area contributed by atoms with E-state index in [1.54, 1.807) is 24.3 Å². The van der Waals surface area contributed by atoms with Gasteiger partial charge in [-0.3, -0.25) is 20.2 Å². The zero-order valence-corrected chi connectivity index (χ0v) is 14.3. The Labute approximate surface area is 150 Å². The molecule has 1 saturated heterocycles. The quantitative estimate of drug-likeness (QED) is 0.486. The van der Waals surface area contributed by atoms with E-state index < -0.39 is 4.92 Å². The zero-order chi connectivity index (χ0) is 18.5. The number of nitrogens with two attached hydrogens (primary N) is 1. The monoisotopic (exact) mass is 357 g/mol. The van der Waals surface area contributed by atoms with Crippen LogP contribution in [0.25, 0.3) is 0 Å². The number of nitro benzene ring substituents is 2. The number of nitrogens with zero attached hydrogens (tertiary/aromatic N) is 3. The number of non-ortho nitro benzene ring substituents is 2. The summed E-state index contributed by atoms with van der Waals surface area (Å²) < 4.78 is 0. The Morgan fingerprint density at radius 3 is 1.88 bits per heavy atom. The van der Waals surface area contributed by atoms with Gasteiger partial charge in [0.05, 0.1) is 16.4 Å². The minimum absolute atomic E-state index is 0.110. The minimum Gasteiger partial charge on any atom is -0.372 e. The summed E-state index contributed by atoms with van der Waals surface area (Å²) in [5.74, 6) is 0.583. The number of benzene rings is 2. The molecule has 0 saturated carbocycles. The smallest absolute Gasteiger partial charge is 0.269 e. The molecule has 3 rings (SSSR count). The van der Waals surface area contributed by atoms with Crippen molar-refractivity contribution in [3.8, 4) is 0 Å². The second-order valence-corrected chi connectivity index (χ2v) is 6.49. The van der Waals surface area contributed by atoms with Gasteiger partial charge in [-0.2, -0.15) is 0 Å². The molecule has 1 heterocycles. The maximum absolute atomic E-state index is 10.7. The van der Waals surface area contributed by atoms with Crippen molar-refractivity contribution in [2.75, 3.05) is 24.5 Å². The average molecular weight is 357 g/mol. The van der Waals surface area contributed by atoms with E-state index in [0.29, 0.717) is 5.92 Å². The van der Waals surface area contributed by atoms with Gasteiger partial charge in [0.2, 0.25) is 0 Å². The summed E-state index contributed by atoms with van der Waals surface area (Å²) in [6.45, 7) is 2.80. The summed E-state index contributed by atoms with van der Waals surface area (Å²) in [7, 11) is 0. The van der Waals surface area contributed by atoms with E-state index in [0.717, 1.165) is 43.9 Å². The third kappa shape index (κ3) is 4.34. The third-order valence-corrected chi connectivity index (χ3v) is 4.83. The minimum atomic E-state index is -0.391. The number of piperidine rings is 1. The summed E-state index contributed by atoms with van der Waals surface area (Å²) in [6, 6.07) is 13.3. The predicted octanol–water partition coefficient (Wildman–Crippen LogP) is 2.61. The molecular weight excluding hydrogens is 336 g/mol. The summed E-state index contributed by atoms with van der Waals surface area (Å²) in [5.41, 5.74) is 2.25. The fraction of sp³-hybridized carbons (Fsp3) is 0.333. The molecule has 0 unspecified atom stereocenters. The van der Waals surface area contributed by atoms with Crippen molar-refractivity contribution < 1.29 is 15.2 Å². The Morgan fingerprint density at radius 2 is 1.38 bits per heavy atom. The van der Waals surface area contributed by atoms with Crippen LogP contribution in [-0.4, -0.2) is 29.5 Å². The molecule has 0 radical (unpaired) electrons. The average Bonchev–Trinajstić information content (AvgIpc) is 2.67. The van der Waals surface area contributed by atoms with Crippen molar-refractivity contribution in [1.29, 1.82) is 0 Å². The van der Waals surface area contributed by atoms with Crippen molar-refractivity contribution in [3.63, 3.8) is 0 Å². The zero-order valence-electron chi connectivity index (χ0n) is 14.3. The first kappa shape index (κ1) is 17.8. The Kier molecular flexibility index (Phi) is 5.43. The van der Waals surface area contributed by atoms with Crippen LogP contribution in [0.1, 0.15) is 12.8 Å². The molecule has 0 bridgehead atoms. The van der Waals surface area contributed by atoms with Crippen LogP contribution in [0, 0.1) is 26.1 Å². The van der Waals surface area contributed by atoms with Crippen molar-refractivity contribution in [1.82, 2.24) is 0 Å². The van der Waals surface area contributed by atoms with Gasteiger partial charge in [-0.1, -0.05) is 0 Å². The maximum atomic E-state index is 10.7. The van der Waals surface area contributed by atoms with Gasteiger partial charge in [0.1, 0.15) is 5.69 Å². The molecule has 1 aliphatic rings. The van der Waals surface area contributed by atoms with Crippen LogP contribution in [0.3, 0.4) is 0 Å². The van der Waals surface area contributed by atoms with Crippen molar-refractivity contribution in [2.24, 2.45) is 5.92 Å². The van der Waals surface area contributed by atoms with E-state index in [9.17, 15) is 20.2 Å². The highest BCUT2D eigenvalue weighted by Crippen LogP contribution is 2.24. The van der Waals surface area contributed by atoms with Crippen LogP contribution in [0.15, 0.2) is 48.5 Å². The van der Waals surface area contributed by atoms with Crippen molar-refractivity contribution in [3.05, 3.63) is 68.8 Å². The third-order valence-electron chi connectivity index (χ3n) is 4.83. The highest BCUT2D eigenvalue weighted by molar-refractivity contribution is 5.51. The van der Waals surface area contributed by atoms with Gasteiger partial charge in [-0.25, -0.2) is 0 Å². The van der Waals surface area contributed by atoms with Gasteiger partial charge in [-0.15, -0.1) is 0 Å². The molecule has 136 valence electrons. The summed E-state index contributed by atoms with van der Waals surface area (Å²) >= 11 is 0. The first-order valence-corrected chi connectivity index (χ1v) is 8.60. The van der Waals surface area contributed by atoms with Crippen LogP contribution >= 0.6 is 0 Å². The highest BCUT2D eigenvalue weighted by atomic mass is 16.6. The van der Waals surface area contributed by atoms with Crippen LogP contribution < -0.4 is 10.2 Å². The van der Waals surface area contributed by atoms with E-state index in [1.165, 1.54) is 12.1 Å². The molecule has 0 aliphatic carbocycles. The van der Waals surface area contributed by atoms with E-state index in [-0.39, 0.29) is 16.3 Å². The number of rotatable bonds is 6. The first-order valence-electron chi connectivity index (χ1n) is 8.60. The molecule has 0 atom stereocenters. The summed E-state index contributed by atoms with van der Waals surface area (Å²) in [4.78, 5) is 22.9. The lowest BCUT2D eigenvalue weighted by molar-refractivity contribution is -0.579. The summed E-state index contributed by atoms with van der Waals surface area (Å²) in [6.07, 6.45) is 2.11. The van der Waals surface area contributed by atoms with E-state index in [4.69, 9.17) is 0 Å². The van der Waals surface area contributed by atoms with Gasteiger partial charge < -0.3 is 10.2 Å². The number of quaternary nitrogens is 1. The fourth-order valence-corrected chi connectivity index (χ4v) is 3.25. The largest absolute Gasteiger partial charge is 0.372 e. The molecule has 2 N–H and O–H groups in total. The number of anilines is 1. The lowest BCUT2D eigenvalue weighted by atomic mass is 9.96. The molecular formula is C18H21N4O4+. The molecule has 26 heavy (non-hydrogen) atoms. The van der Waals surface area contributed by atoms with Gasteiger partial charge in [-0.05, 0) is 25.0 Å². The summed E-state index contributed by atoms with van der Waals surface area (Å²) in [5, 5.41) is 23.5. The second kappa shape index (κ2) is 7.92. The van der Waals surface area contributed by atoms with Crippen LogP contribution in [0.4, 0.5) is 22.7 Å². The van der Waals surface area contributed by atoms with Crippen molar-refractivity contribution in [2.45, 2.75) is 12.8 Å².